The first-order valence-corrected chi connectivity index (χ1v) is 17.5. The average molecular weight is 645 g/mol. The molecule has 0 bridgehead atoms. The molecule has 1 aromatic carbocycles. The molecule has 260 valence electrons. The zero-order valence-corrected chi connectivity index (χ0v) is 31.9. The zero-order chi connectivity index (χ0) is 35.1. The number of aromatic nitrogens is 2. The Hall–Kier alpha value is -2.41. The molecule has 2 N–H and O–H groups in total. The summed E-state index contributed by atoms with van der Waals surface area (Å²) in [4.78, 5) is 9.71. The minimum atomic E-state index is 0.439. The fraction of sp³-hybridized carbons (Fsp3) is 0.590. The van der Waals surface area contributed by atoms with Gasteiger partial charge in [-0.25, -0.2) is 9.97 Å². The van der Waals surface area contributed by atoms with Crippen molar-refractivity contribution in [2.45, 2.75) is 131 Å². The monoisotopic (exact) mass is 645 g/mol. The maximum Gasteiger partial charge on any atom is 0.129 e. The number of unbranched alkanes of at least 4 members (excludes halogenated alkanes) is 2. The third kappa shape index (κ3) is 39.6. The van der Waals surface area contributed by atoms with E-state index in [9.17, 15) is 0 Å². The fourth-order valence-corrected chi connectivity index (χ4v) is 3.74. The molecule has 1 fully saturated rings. The van der Waals surface area contributed by atoms with Crippen LogP contribution in [0.4, 0.5) is 5.82 Å². The lowest BCUT2D eigenvalue weighted by atomic mass is 10.0. The normalized spacial score (nSPS) is 11.4. The molecule has 0 spiro atoms. The van der Waals surface area contributed by atoms with E-state index in [0.717, 1.165) is 47.4 Å². The van der Waals surface area contributed by atoms with Gasteiger partial charge in [0.2, 0.25) is 0 Å². The molecule has 1 saturated carbocycles. The molecule has 1 aliphatic rings. The van der Waals surface area contributed by atoms with Crippen molar-refractivity contribution in [2.75, 3.05) is 32.6 Å². The number of methoxy groups -OCH3 is 1. The standard InChI is InChI=1S/C11H20N4.C8H8S.C6H14O.C6H12.2C3H6.C2H6/c1-5-13-11-7-10(6-8(2)12-4)14-9(3)15-11;1-2-7-3-5-8(9)6-4-7;1-3-4-5-6-7-2;1-2-4-6-5-3-1;2*1-3-2;1-2/h7-8,12H,5-6H2,1-4H3,(H,13,14,15);2-6,9H,1H2;3-6H2,1-2H3;1-6H2;2*3H,1H2,2H3;1-2H3. The Morgan fingerprint density at radius 3 is 1.78 bits per heavy atom. The van der Waals surface area contributed by atoms with Crippen LogP contribution >= 0.6 is 12.6 Å². The molecule has 45 heavy (non-hydrogen) atoms. The Morgan fingerprint density at radius 1 is 0.911 bits per heavy atom. The van der Waals surface area contributed by atoms with E-state index in [4.69, 9.17) is 4.74 Å². The second-order valence-corrected chi connectivity index (χ2v) is 10.7. The summed E-state index contributed by atoms with van der Waals surface area (Å²) in [5.41, 5.74) is 2.22. The van der Waals surface area contributed by atoms with Gasteiger partial charge in [0, 0.05) is 49.4 Å². The van der Waals surface area contributed by atoms with Crippen molar-refractivity contribution in [1.29, 1.82) is 0 Å². The third-order valence-corrected chi connectivity index (χ3v) is 6.14. The van der Waals surface area contributed by atoms with Gasteiger partial charge >= 0.3 is 0 Å². The Balaban J connectivity index is -0.000000242. The fourth-order valence-electron chi connectivity index (χ4n) is 3.59. The number of hydrogen-bond donors (Lipinski definition) is 3. The number of nitrogens with one attached hydrogen (secondary N) is 2. The van der Waals surface area contributed by atoms with Gasteiger partial charge in [-0.1, -0.05) is 109 Å². The number of benzene rings is 1. The number of allylic oxidation sites excluding steroid dienone is 2. The SMILES string of the molecule is C1CCCCC1.C=CC.C=CC.C=Cc1ccc(S)cc1.CC.CCCCCOC.CCNc1cc(CC(C)NC)nc(C)n1. The molecule has 0 radical (unpaired) electrons. The molecule has 6 heteroatoms. The molecule has 0 saturated heterocycles. The van der Waals surface area contributed by atoms with Crippen LogP contribution in [0.1, 0.15) is 123 Å². The molecule has 0 aliphatic heterocycles. The highest BCUT2D eigenvalue weighted by molar-refractivity contribution is 7.80. The van der Waals surface area contributed by atoms with Crippen LogP contribution in [0, 0.1) is 6.92 Å². The van der Waals surface area contributed by atoms with E-state index >= 15 is 0 Å². The van der Waals surface area contributed by atoms with Gasteiger partial charge < -0.3 is 15.4 Å². The first kappa shape index (κ1) is 49.5. The third-order valence-electron chi connectivity index (χ3n) is 5.84. The molecule has 2 aromatic rings. The summed E-state index contributed by atoms with van der Waals surface area (Å²) >= 11 is 4.14. The van der Waals surface area contributed by atoms with Crippen molar-refractivity contribution < 1.29 is 4.74 Å². The van der Waals surface area contributed by atoms with Gasteiger partial charge in [0.25, 0.3) is 0 Å². The predicted octanol–water partition coefficient (Wildman–Crippen LogP) is 11.6. The van der Waals surface area contributed by atoms with Crippen LogP contribution < -0.4 is 10.6 Å². The van der Waals surface area contributed by atoms with Crippen molar-refractivity contribution in [2.24, 2.45) is 0 Å². The summed E-state index contributed by atoms with van der Waals surface area (Å²) in [5.74, 6) is 1.75. The molecule has 1 atom stereocenters. The van der Waals surface area contributed by atoms with Crippen LogP contribution in [0.25, 0.3) is 6.08 Å². The lowest BCUT2D eigenvalue weighted by Crippen LogP contribution is -2.24. The van der Waals surface area contributed by atoms with Gasteiger partial charge in [-0.15, -0.1) is 25.8 Å². The number of rotatable bonds is 10. The summed E-state index contributed by atoms with van der Waals surface area (Å²) in [6.07, 6.45) is 19.0. The Morgan fingerprint density at radius 2 is 1.40 bits per heavy atom. The van der Waals surface area contributed by atoms with E-state index in [1.54, 1.807) is 19.3 Å². The van der Waals surface area contributed by atoms with Crippen molar-refractivity contribution in [3.05, 3.63) is 79.3 Å². The summed E-state index contributed by atoms with van der Waals surface area (Å²) in [5, 5.41) is 6.41. The van der Waals surface area contributed by atoms with Gasteiger partial charge in [-0.05, 0) is 65.8 Å². The Kier molecular flexibility index (Phi) is 45.7. The predicted molar refractivity (Wildman–Crippen MR) is 209 cm³/mol. The molecule has 3 rings (SSSR count). The zero-order valence-electron chi connectivity index (χ0n) is 31.1. The van der Waals surface area contributed by atoms with Gasteiger partial charge in [-0.3, -0.25) is 0 Å². The van der Waals surface area contributed by atoms with Crippen LogP contribution in [-0.4, -0.2) is 43.3 Å². The second kappa shape index (κ2) is 41.6. The minimum absolute atomic E-state index is 0.439. The lowest BCUT2D eigenvalue weighted by Gasteiger charge is -2.11. The topological polar surface area (TPSA) is 59.1 Å². The molecule has 1 heterocycles. The highest BCUT2D eigenvalue weighted by atomic mass is 32.1. The van der Waals surface area contributed by atoms with Crippen molar-refractivity contribution in [1.82, 2.24) is 15.3 Å². The number of anilines is 1. The van der Waals surface area contributed by atoms with E-state index in [1.807, 2.05) is 78.1 Å². The molecular weight excluding hydrogens is 573 g/mol. The van der Waals surface area contributed by atoms with Crippen LogP contribution in [0.5, 0.6) is 0 Å². The quantitative estimate of drug-likeness (QED) is 0.136. The molecular formula is C39H72N4OS. The molecule has 0 amide bonds. The maximum absolute atomic E-state index is 4.84. The largest absolute Gasteiger partial charge is 0.385 e. The molecule has 1 unspecified atom stereocenters. The molecule has 1 aromatic heterocycles. The van der Waals surface area contributed by atoms with Gasteiger partial charge in [-0.2, -0.15) is 0 Å². The van der Waals surface area contributed by atoms with Gasteiger partial charge in [0.1, 0.15) is 11.6 Å². The van der Waals surface area contributed by atoms with E-state index in [1.165, 1.54) is 57.8 Å². The first-order chi connectivity index (χ1) is 21.7. The van der Waals surface area contributed by atoms with Crippen molar-refractivity contribution >= 4 is 24.5 Å². The number of likely N-dealkylation sites (N-methyl/N-ethyl adjacent to an activating group) is 1. The highest BCUT2D eigenvalue weighted by Gasteiger charge is 2.05. The lowest BCUT2D eigenvalue weighted by molar-refractivity contribution is 0.192. The minimum Gasteiger partial charge on any atom is -0.385 e. The van der Waals surface area contributed by atoms with Crippen LogP contribution in [0.3, 0.4) is 0 Å². The molecule has 5 nitrogen and oxygen atoms in total. The maximum atomic E-state index is 4.84. The van der Waals surface area contributed by atoms with Crippen molar-refractivity contribution in [3.8, 4) is 0 Å². The Bertz CT molecular complexity index is 862. The van der Waals surface area contributed by atoms with E-state index in [2.05, 4.69) is 73.7 Å². The van der Waals surface area contributed by atoms with Gasteiger partial charge in [0.15, 0.2) is 0 Å². The summed E-state index contributed by atoms with van der Waals surface area (Å²) in [6, 6.07) is 10.3. The highest BCUT2D eigenvalue weighted by Crippen LogP contribution is 2.15. The number of ether oxygens (including phenoxy) is 1. The summed E-state index contributed by atoms with van der Waals surface area (Å²) < 4.78 is 4.84. The first-order valence-electron chi connectivity index (χ1n) is 17.0. The molecule has 1 aliphatic carbocycles. The number of aryl methyl sites for hydroxylation is 1. The number of nitrogens with zero attached hydrogens (tertiary/aromatic N) is 2. The second-order valence-electron chi connectivity index (χ2n) is 10.1. The summed E-state index contributed by atoms with van der Waals surface area (Å²) in [6.45, 7) is 28.3. The Labute approximate surface area is 286 Å². The average Bonchev–Trinajstić information content (AvgIpc) is 3.05. The van der Waals surface area contributed by atoms with Gasteiger partial charge in [0.05, 0.1) is 0 Å². The van der Waals surface area contributed by atoms with Crippen LogP contribution in [0.2, 0.25) is 0 Å². The summed E-state index contributed by atoms with van der Waals surface area (Å²) in [7, 11) is 3.71. The smallest absolute Gasteiger partial charge is 0.129 e. The number of hydrogen-bond acceptors (Lipinski definition) is 6. The number of thiol groups is 1. The van der Waals surface area contributed by atoms with E-state index in [0.29, 0.717) is 6.04 Å². The van der Waals surface area contributed by atoms with Crippen molar-refractivity contribution in [3.63, 3.8) is 0 Å². The van der Waals surface area contributed by atoms with E-state index < -0.39 is 0 Å². The van der Waals surface area contributed by atoms with Crippen LogP contribution in [-0.2, 0) is 11.2 Å². The van der Waals surface area contributed by atoms with Crippen LogP contribution in [0.15, 0.2) is 67.1 Å². The van der Waals surface area contributed by atoms with E-state index in [-0.39, 0.29) is 0 Å².